The summed E-state index contributed by atoms with van der Waals surface area (Å²) in [6.45, 7) is 1.94. The predicted octanol–water partition coefficient (Wildman–Crippen LogP) is 5.12. The van der Waals surface area contributed by atoms with Gasteiger partial charge in [0, 0.05) is 5.56 Å². The van der Waals surface area contributed by atoms with Crippen LogP contribution in [-0.2, 0) is 0 Å². The van der Waals surface area contributed by atoms with E-state index in [1.54, 1.807) is 16.7 Å². The number of benzene rings is 3. The summed E-state index contributed by atoms with van der Waals surface area (Å²) in [5.41, 5.74) is 1.85. The lowest BCUT2D eigenvalue weighted by atomic mass is 10.1. The van der Waals surface area contributed by atoms with Gasteiger partial charge in [0.25, 0.3) is 5.56 Å². The molecule has 0 N–H and O–H groups in total. The van der Waals surface area contributed by atoms with Gasteiger partial charge in [-0.25, -0.2) is 9.37 Å². The average molecular weight is 418 g/mol. The summed E-state index contributed by atoms with van der Waals surface area (Å²) in [6.07, 6.45) is 0. The summed E-state index contributed by atoms with van der Waals surface area (Å²) < 4.78 is 14.8. The molecule has 0 unspecified atom stereocenters. The summed E-state index contributed by atoms with van der Waals surface area (Å²) in [7, 11) is 0. The normalized spacial score (nSPS) is 12.1. The maximum absolute atomic E-state index is 13.3. The van der Waals surface area contributed by atoms with Crippen LogP contribution in [0.25, 0.3) is 10.9 Å². The van der Waals surface area contributed by atoms with Gasteiger partial charge in [-0.2, -0.15) is 0 Å². The molecular weight excluding hydrogens is 399 g/mol. The maximum Gasteiger partial charge on any atom is 0.262 e. The number of carbonyl (C=O) groups excluding carboxylic acids is 1. The van der Waals surface area contributed by atoms with E-state index in [1.807, 2.05) is 49.4 Å². The molecule has 6 heteroatoms. The number of halogens is 1. The van der Waals surface area contributed by atoms with Gasteiger partial charge in [-0.1, -0.05) is 54.2 Å². The van der Waals surface area contributed by atoms with Crippen molar-refractivity contribution in [1.29, 1.82) is 0 Å². The van der Waals surface area contributed by atoms with E-state index in [1.165, 1.54) is 36.0 Å². The van der Waals surface area contributed by atoms with E-state index >= 15 is 0 Å². The monoisotopic (exact) mass is 418 g/mol. The van der Waals surface area contributed by atoms with E-state index in [2.05, 4.69) is 4.98 Å². The summed E-state index contributed by atoms with van der Waals surface area (Å²) in [4.78, 5) is 30.5. The van der Waals surface area contributed by atoms with Gasteiger partial charge in [0.05, 0.1) is 22.7 Å². The topological polar surface area (TPSA) is 52.0 Å². The van der Waals surface area contributed by atoms with E-state index in [4.69, 9.17) is 0 Å². The van der Waals surface area contributed by atoms with Crippen LogP contribution in [0.2, 0.25) is 0 Å². The SMILES string of the molecule is C[C@@H](c1ccccc1)n1c(SCC(=O)c2ccc(F)cc2)nc2ccccc2c1=O. The minimum Gasteiger partial charge on any atom is -0.293 e. The molecule has 0 aliphatic heterocycles. The number of carbonyl (C=O) groups is 1. The minimum atomic E-state index is -0.388. The number of hydrogen-bond donors (Lipinski definition) is 0. The number of hydrogen-bond acceptors (Lipinski definition) is 4. The summed E-state index contributed by atoms with van der Waals surface area (Å²) in [5.74, 6) is -0.444. The van der Waals surface area contributed by atoms with Gasteiger partial charge in [-0.3, -0.25) is 14.2 Å². The quantitative estimate of drug-likeness (QED) is 0.248. The molecule has 0 bridgehead atoms. The third-order valence-corrected chi connectivity index (χ3v) is 5.90. The Morgan fingerprint density at radius 1 is 1.00 bits per heavy atom. The zero-order valence-corrected chi connectivity index (χ0v) is 17.1. The van der Waals surface area contributed by atoms with Crippen molar-refractivity contribution in [3.8, 4) is 0 Å². The van der Waals surface area contributed by atoms with Crippen molar-refractivity contribution in [3.63, 3.8) is 0 Å². The third kappa shape index (κ3) is 4.04. The molecule has 0 aliphatic rings. The van der Waals surface area contributed by atoms with Gasteiger partial charge < -0.3 is 0 Å². The van der Waals surface area contributed by atoms with Crippen molar-refractivity contribution in [2.45, 2.75) is 18.1 Å². The van der Waals surface area contributed by atoms with Crippen LogP contribution >= 0.6 is 11.8 Å². The number of ketones is 1. The number of aromatic nitrogens is 2. The average Bonchev–Trinajstić information content (AvgIpc) is 2.78. The molecule has 4 nitrogen and oxygen atoms in total. The number of fused-ring (bicyclic) bond motifs is 1. The van der Waals surface area contributed by atoms with Crippen molar-refractivity contribution in [2.24, 2.45) is 0 Å². The van der Waals surface area contributed by atoms with Gasteiger partial charge in [0.1, 0.15) is 5.82 Å². The molecule has 4 rings (SSSR count). The second-order valence-corrected chi connectivity index (χ2v) is 7.83. The zero-order chi connectivity index (χ0) is 21.1. The second kappa shape index (κ2) is 8.63. The highest BCUT2D eigenvalue weighted by Gasteiger charge is 2.19. The molecule has 4 aromatic rings. The van der Waals surface area contributed by atoms with Crippen molar-refractivity contribution in [2.75, 3.05) is 5.75 Å². The Hall–Kier alpha value is -3.25. The molecule has 0 amide bonds. The number of thioether (sulfide) groups is 1. The Morgan fingerprint density at radius 2 is 1.67 bits per heavy atom. The lowest BCUT2D eigenvalue weighted by molar-refractivity contribution is 0.102. The molecule has 0 saturated carbocycles. The van der Waals surface area contributed by atoms with E-state index in [-0.39, 0.29) is 29.0 Å². The molecule has 1 atom stereocenters. The van der Waals surface area contributed by atoms with Crippen molar-refractivity contribution in [3.05, 3.63) is 106 Å². The van der Waals surface area contributed by atoms with Gasteiger partial charge in [0.2, 0.25) is 0 Å². The number of nitrogens with zero attached hydrogens (tertiary/aromatic N) is 2. The van der Waals surface area contributed by atoms with Crippen LogP contribution in [0.1, 0.15) is 28.9 Å². The molecule has 0 saturated heterocycles. The maximum atomic E-state index is 13.3. The van der Waals surface area contributed by atoms with E-state index < -0.39 is 0 Å². The van der Waals surface area contributed by atoms with Crippen LogP contribution in [0, 0.1) is 5.82 Å². The summed E-state index contributed by atoms with van der Waals surface area (Å²) in [5, 5.41) is 1.01. The van der Waals surface area contributed by atoms with Crippen molar-refractivity contribution in [1.82, 2.24) is 9.55 Å². The molecule has 1 aromatic heterocycles. The lowest BCUT2D eigenvalue weighted by Gasteiger charge is -2.20. The Labute approximate surface area is 177 Å². The molecular formula is C24H19FN2O2S. The second-order valence-electron chi connectivity index (χ2n) is 6.89. The molecule has 150 valence electrons. The Morgan fingerprint density at radius 3 is 2.40 bits per heavy atom. The summed E-state index contributed by atoms with van der Waals surface area (Å²) in [6, 6.07) is 22.1. The van der Waals surface area contributed by atoms with Crippen LogP contribution in [-0.4, -0.2) is 21.1 Å². The van der Waals surface area contributed by atoms with Crippen LogP contribution in [0.4, 0.5) is 4.39 Å². The first-order valence-corrected chi connectivity index (χ1v) is 10.5. The minimum absolute atomic E-state index is 0.0952. The van der Waals surface area contributed by atoms with Gasteiger partial charge in [-0.15, -0.1) is 0 Å². The highest BCUT2D eigenvalue weighted by Crippen LogP contribution is 2.25. The fourth-order valence-corrected chi connectivity index (χ4v) is 4.27. The lowest BCUT2D eigenvalue weighted by Crippen LogP contribution is -2.27. The Kier molecular flexibility index (Phi) is 5.77. The van der Waals surface area contributed by atoms with E-state index in [0.29, 0.717) is 21.6 Å². The first-order valence-electron chi connectivity index (χ1n) is 9.52. The fraction of sp³-hybridized carbons (Fsp3) is 0.125. The van der Waals surface area contributed by atoms with Crippen LogP contribution in [0.3, 0.4) is 0 Å². The predicted molar refractivity (Wildman–Crippen MR) is 118 cm³/mol. The van der Waals surface area contributed by atoms with Crippen LogP contribution < -0.4 is 5.56 Å². The number of rotatable bonds is 6. The summed E-state index contributed by atoms with van der Waals surface area (Å²) >= 11 is 1.21. The number of para-hydroxylation sites is 1. The molecule has 3 aromatic carbocycles. The molecule has 1 heterocycles. The fourth-order valence-electron chi connectivity index (χ4n) is 3.30. The van der Waals surface area contributed by atoms with Crippen molar-refractivity contribution >= 4 is 28.4 Å². The van der Waals surface area contributed by atoms with Crippen molar-refractivity contribution < 1.29 is 9.18 Å². The number of Topliss-reactive ketones (excluding diaryl/α,β-unsaturated/α-hetero) is 1. The Balaban J connectivity index is 1.73. The molecule has 0 spiro atoms. The molecule has 0 radical (unpaired) electrons. The smallest absolute Gasteiger partial charge is 0.262 e. The Bertz CT molecular complexity index is 1250. The third-order valence-electron chi connectivity index (χ3n) is 4.94. The molecule has 0 fully saturated rings. The van der Waals surface area contributed by atoms with Gasteiger partial charge in [0.15, 0.2) is 10.9 Å². The van der Waals surface area contributed by atoms with Gasteiger partial charge >= 0.3 is 0 Å². The standard InChI is InChI=1S/C24H19FN2O2S/c1-16(17-7-3-2-4-8-17)27-23(29)20-9-5-6-10-21(20)26-24(27)30-15-22(28)18-11-13-19(25)14-12-18/h2-14,16H,15H2,1H3/t16-/m0/s1. The van der Waals surface area contributed by atoms with Crippen LogP contribution in [0.15, 0.2) is 88.8 Å². The molecule has 30 heavy (non-hydrogen) atoms. The van der Waals surface area contributed by atoms with E-state index in [0.717, 1.165) is 5.56 Å². The van der Waals surface area contributed by atoms with Gasteiger partial charge in [-0.05, 0) is 48.9 Å². The largest absolute Gasteiger partial charge is 0.293 e. The highest BCUT2D eigenvalue weighted by atomic mass is 32.2. The molecule has 0 aliphatic carbocycles. The van der Waals surface area contributed by atoms with E-state index in [9.17, 15) is 14.0 Å². The highest BCUT2D eigenvalue weighted by molar-refractivity contribution is 7.99. The van der Waals surface area contributed by atoms with Crippen LogP contribution in [0.5, 0.6) is 0 Å². The first kappa shape index (κ1) is 20.0. The zero-order valence-electron chi connectivity index (χ0n) is 16.3. The first-order chi connectivity index (χ1) is 14.5.